The Labute approximate surface area is 205 Å². The molecule has 9 nitrogen and oxygen atoms in total. The van der Waals surface area contributed by atoms with Gasteiger partial charge in [0.05, 0.1) is 23.9 Å². The molecule has 0 aromatic heterocycles. The Morgan fingerprint density at radius 3 is 2.06 bits per heavy atom. The minimum absolute atomic E-state index is 0.000495. The van der Waals surface area contributed by atoms with E-state index in [1.807, 2.05) is 13.0 Å². The minimum Gasteiger partial charge on any atom is -0.497 e. The monoisotopic (exact) mass is 517 g/mol. The Kier molecular flexibility index (Phi) is 7.71. The maximum Gasteiger partial charge on any atom is 0.261 e. The quantitative estimate of drug-likeness (QED) is 0.448. The van der Waals surface area contributed by atoms with E-state index in [9.17, 15) is 21.6 Å². The van der Waals surface area contributed by atoms with E-state index in [1.165, 1.54) is 31.4 Å². The van der Waals surface area contributed by atoms with Gasteiger partial charge in [0.15, 0.2) is 0 Å². The highest BCUT2D eigenvalue weighted by Crippen LogP contribution is 2.24. The number of benzene rings is 3. The van der Waals surface area contributed by atoms with Crippen LogP contribution >= 0.6 is 0 Å². The van der Waals surface area contributed by atoms with Crippen molar-refractivity contribution in [3.05, 3.63) is 77.9 Å². The summed E-state index contributed by atoms with van der Waals surface area (Å²) in [5, 5.41) is 2.62. The third kappa shape index (κ3) is 6.74. The van der Waals surface area contributed by atoms with Gasteiger partial charge >= 0.3 is 0 Å². The van der Waals surface area contributed by atoms with Crippen molar-refractivity contribution in [3.63, 3.8) is 0 Å². The molecule has 0 aliphatic rings. The van der Waals surface area contributed by atoms with Crippen LogP contribution in [0, 0.1) is 13.8 Å². The van der Waals surface area contributed by atoms with Crippen LogP contribution in [0.25, 0.3) is 0 Å². The van der Waals surface area contributed by atoms with Crippen LogP contribution in [0.3, 0.4) is 0 Å². The summed E-state index contributed by atoms with van der Waals surface area (Å²) >= 11 is 0. The Bertz CT molecular complexity index is 1420. The fourth-order valence-corrected chi connectivity index (χ4v) is 5.26. The van der Waals surface area contributed by atoms with Crippen LogP contribution in [0.1, 0.15) is 11.1 Å². The van der Waals surface area contributed by atoms with Crippen molar-refractivity contribution in [2.75, 3.05) is 34.3 Å². The zero-order chi connectivity index (χ0) is 25.8. The van der Waals surface area contributed by atoms with Gasteiger partial charge in [0.2, 0.25) is 15.9 Å². The molecule has 186 valence electrons. The first-order valence-corrected chi connectivity index (χ1v) is 13.8. The number of carbonyl (C=O) groups is 1. The van der Waals surface area contributed by atoms with Crippen LogP contribution in [0.2, 0.25) is 0 Å². The van der Waals surface area contributed by atoms with Gasteiger partial charge in [0, 0.05) is 11.4 Å². The van der Waals surface area contributed by atoms with Crippen molar-refractivity contribution in [1.29, 1.82) is 0 Å². The van der Waals surface area contributed by atoms with Crippen LogP contribution in [-0.2, 0) is 24.8 Å². The largest absolute Gasteiger partial charge is 0.497 e. The highest BCUT2D eigenvalue weighted by Gasteiger charge is 2.23. The van der Waals surface area contributed by atoms with Gasteiger partial charge in [-0.1, -0.05) is 12.1 Å². The van der Waals surface area contributed by atoms with Crippen LogP contribution in [0.4, 0.5) is 17.1 Å². The average Bonchev–Trinajstić information content (AvgIpc) is 2.79. The normalized spacial score (nSPS) is 11.5. The number of rotatable bonds is 9. The first-order chi connectivity index (χ1) is 16.4. The molecule has 2 N–H and O–H groups in total. The molecule has 0 aliphatic carbocycles. The molecule has 0 saturated carbocycles. The zero-order valence-electron chi connectivity index (χ0n) is 19.8. The number of methoxy groups -OCH3 is 1. The number of hydrogen-bond donors (Lipinski definition) is 2. The fraction of sp³-hybridized carbons (Fsp3) is 0.208. The molecular formula is C24H27N3O6S2. The van der Waals surface area contributed by atoms with Crippen molar-refractivity contribution in [2.24, 2.45) is 0 Å². The molecule has 1 amide bonds. The smallest absolute Gasteiger partial charge is 0.261 e. The van der Waals surface area contributed by atoms with Crippen LogP contribution in [0.5, 0.6) is 5.75 Å². The number of amides is 1. The highest BCUT2D eigenvalue weighted by molar-refractivity contribution is 7.92. The zero-order valence-corrected chi connectivity index (χ0v) is 21.4. The van der Waals surface area contributed by atoms with Crippen molar-refractivity contribution >= 4 is 43.0 Å². The van der Waals surface area contributed by atoms with Gasteiger partial charge in [-0.05, 0) is 79.6 Å². The van der Waals surface area contributed by atoms with Crippen molar-refractivity contribution in [3.8, 4) is 5.75 Å². The summed E-state index contributed by atoms with van der Waals surface area (Å²) in [7, 11) is -6.06. The Morgan fingerprint density at radius 2 is 1.49 bits per heavy atom. The second-order valence-corrected chi connectivity index (χ2v) is 11.6. The van der Waals surface area contributed by atoms with E-state index in [-0.39, 0.29) is 4.90 Å². The SMILES string of the molecule is COc1ccc(NS(=O)(=O)c2ccc(NC(=O)CN(c3cc(C)ccc3C)S(C)(=O)=O)cc2)cc1. The lowest BCUT2D eigenvalue weighted by Gasteiger charge is -2.24. The number of aryl methyl sites for hydroxylation is 2. The summed E-state index contributed by atoms with van der Waals surface area (Å²) in [6, 6.07) is 17.3. The number of nitrogens with one attached hydrogen (secondary N) is 2. The van der Waals surface area contributed by atoms with E-state index >= 15 is 0 Å². The summed E-state index contributed by atoms with van der Waals surface area (Å²) in [4.78, 5) is 12.7. The van der Waals surface area contributed by atoms with Gasteiger partial charge in [-0.2, -0.15) is 0 Å². The third-order valence-corrected chi connectivity index (χ3v) is 7.64. The number of hydrogen-bond acceptors (Lipinski definition) is 6. The lowest BCUT2D eigenvalue weighted by atomic mass is 10.1. The van der Waals surface area contributed by atoms with Gasteiger partial charge in [-0.25, -0.2) is 16.8 Å². The van der Waals surface area contributed by atoms with Crippen LogP contribution in [0.15, 0.2) is 71.6 Å². The molecule has 3 aromatic rings. The molecule has 0 radical (unpaired) electrons. The topological polar surface area (TPSA) is 122 Å². The Hall–Kier alpha value is -3.57. The van der Waals surface area contributed by atoms with E-state index in [0.717, 1.165) is 16.1 Å². The van der Waals surface area contributed by atoms with Crippen molar-refractivity contribution < 1.29 is 26.4 Å². The van der Waals surface area contributed by atoms with E-state index in [1.54, 1.807) is 43.3 Å². The maximum atomic E-state index is 12.7. The minimum atomic E-state index is -3.85. The van der Waals surface area contributed by atoms with Crippen LogP contribution in [-0.4, -0.2) is 42.7 Å². The second-order valence-electron chi connectivity index (χ2n) is 7.97. The van der Waals surface area contributed by atoms with Gasteiger partial charge in [0.25, 0.3) is 10.0 Å². The summed E-state index contributed by atoms with van der Waals surface area (Å²) in [5.74, 6) is 0.0309. The number of ether oxygens (including phenoxy) is 1. The van der Waals surface area contributed by atoms with Gasteiger partial charge in [0.1, 0.15) is 12.3 Å². The molecule has 35 heavy (non-hydrogen) atoms. The molecule has 0 heterocycles. The second kappa shape index (κ2) is 10.4. The molecule has 3 rings (SSSR count). The van der Waals surface area contributed by atoms with E-state index in [0.29, 0.717) is 28.4 Å². The first-order valence-electron chi connectivity index (χ1n) is 10.5. The summed E-state index contributed by atoms with van der Waals surface area (Å²) < 4.78 is 58.7. The van der Waals surface area contributed by atoms with E-state index in [4.69, 9.17) is 4.74 Å². The molecular weight excluding hydrogens is 490 g/mol. The summed E-state index contributed by atoms with van der Waals surface area (Å²) in [6.07, 6.45) is 1.04. The van der Waals surface area contributed by atoms with Gasteiger partial charge in [-0.3, -0.25) is 13.8 Å². The standard InChI is InChI=1S/C24H27N3O6S2/c1-17-5-6-18(2)23(15-17)27(34(4,29)30)16-24(28)25-19-9-13-22(14-10-19)35(31,32)26-20-7-11-21(33-3)12-8-20/h5-15,26H,16H2,1-4H3,(H,25,28). The van der Waals surface area contributed by atoms with Crippen LogP contribution < -0.4 is 19.1 Å². The van der Waals surface area contributed by atoms with Gasteiger partial charge < -0.3 is 10.1 Å². The lowest BCUT2D eigenvalue weighted by molar-refractivity contribution is -0.114. The third-order valence-electron chi connectivity index (χ3n) is 5.11. The van der Waals surface area contributed by atoms with Gasteiger partial charge in [-0.15, -0.1) is 0 Å². The highest BCUT2D eigenvalue weighted by atomic mass is 32.2. The predicted molar refractivity (Wildman–Crippen MR) is 137 cm³/mol. The molecule has 0 spiro atoms. The maximum absolute atomic E-state index is 12.7. The number of nitrogens with zero attached hydrogens (tertiary/aromatic N) is 1. The molecule has 0 saturated heterocycles. The Balaban J connectivity index is 1.72. The molecule has 0 atom stereocenters. The van der Waals surface area contributed by atoms with E-state index < -0.39 is 32.5 Å². The summed E-state index contributed by atoms with van der Waals surface area (Å²) in [6.45, 7) is 3.18. The fourth-order valence-electron chi connectivity index (χ4n) is 3.29. The first kappa shape index (κ1) is 26.0. The average molecular weight is 518 g/mol. The lowest BCUT2D eigenvalue weighted by Crippen LogP contribution is -2.37. The molecule has 0 aliphatic heterocycles. The Morgan fingerprint density at radius 1 is 0.886 bits per heavy atom. The molecule has 11 heteroatoms. The number of anilines is 3. The summed E-state index contributed by atoms with van der Waals surface area (Å²) in [5.41, 5.74) is 2.70. The molecule has 0 fully saturated rings. The molecule has 0 bridgehead atoms. The predicted octanol–water partition coefficient (Wildman–Crippen LogP) is 3.52. The molecule has 0 unspecified atom stereocenters. The van der Waals surface area contributed by atoms with E-state index in [2.05, 4.69) is 10.0 Å². The number of sulfonamides is 2. The van der Waals surface area contributed by atoms with Crippen molar-refractivity contribution in [2.45, 2.75) is 18.7 Å². The van der Waals surface area contributed by atoms with Crippen molar-refractivity contribution in [1.82, 2.24) is 0 Å². The molecule has 3 aromatic carbocycles. The number of carbonyl (C=O) groups excluding carboxylic acids is 1.